The topological polar surface area (TPSA) is 50.2 Å². The van der Waals surface area contributed by atoms with Crippen LogP contribution in [0.1, 0.15) is 35.8 Å². The van der Waals surface area contributed by atoms with Gasteiger partial charge in [0, 0.05) is 10.9 Å². The molecular formula is C13H13NO2S. The molecule has 0 unspecified atom stereocenters. The lowest BCUT2D eigenvalue weighted by atomic mass is 10.0. The van der Waals surface area contributed by atoms with E-state index in [1.54, 1.807) is 5.38 Å². The molecule has 0 radical (unpaired) electrons. The van der Waals surface area contributed by atoms with E-state index in [0.29, 0.717) is 5.92 Å². The van der Waals surface area contributed by atoms with Gasteiger partial charge in [0.15, 0.2) is 5.69 Å². The van der Waals surface area contributed by atoms with Crippen molar-refractivity contribution in [3.05, 3.63) is 40.9 Å². The number of carboxylic acid groups (broad SMARTS) is 1. The van der Waals surface area contributed by atoms with Crippen LogP contribution in [0.5, 0.6) is 0 Å². The zero-order chi connectivity index (χ0) is 12.4. The zero-order valence-corrected chi connectivity index (χ0v) is 10.5. The second-order valence-electron chi connectivity index (χ2n) is 4.12. The molecule has 0 aliphatic carbocycles. The van der Waals surface area contributed by atoms with Gasteiger partial charge in [-0.25, -0.2) is 9.78 Å². The maximum Gasteiger partial charge on any atom is 0.355 e. The second kappa shape index (κ2) is 4.67. The van der Waals surface area contributed by atoms with Crippen LogP contribution in [0, 0.1) is 0 Å². The summed E-state index contributed by atoms with van der Waals surface area (Å²) in [6, 6.07) is 8.07. The molecule has 1 N–H and O–H groups in total. The highest BCUT2D eigenvalue weighted by Crippen LogP contribution is 2.26. The number of hydrogen-bond donors (Lipinski definition) is 1. The first-order valence-electron chi connectivity index (χ1n) is 5.37. The van der Waals surface area contributed by atoms with Gasteiger partial charge in [0.25, 0.3) is 0 Å². The third kappa shape index (κ3) is 2.53. The van der Waals surface area contributed by atoms with Crippen molar-refractivity contribution in [2.24, 2.45) is 0 Å². The fourth-order valence-electron chi connectivity index (χ4n) is 1.54. The maximum atomic E-state index is 10.8. The van der Waals surface area contributed by atoms with E-state index in [2.05, 4.69) is 31.0 Å². The molecule has 0 atom stereocenters. The molecule has 0 amide bonds. The number of thiazole rings is 1. The number of aromatic nitrogens is 1. The van der Waals surface area contributed by atoms with Crippen LogP contribution in [0.4, 0.5) is 0 Å². The Kier molecular flexibility index (Phi) is 3.24. The van der Waals surface area contributed by atoms with Gasteiger partial charge in [0.05, 0.1) is 0 Å². The summed E-state index contributed by atoms with van der Waals surface area (Å²) in [6.45, 7) is 4.26. The lowest BCUT2D eigenvalue weighted by Crippen LogP contribution is -1.95. The van der Waals surface area contributed by atoms with Crippen molar-refractivity contribution < 1.29 is 9.90 Å². The average Bonchev–Trinajstić information content (AvgIpc) is 2.78. The van der Waals surface area contributed by atoms with Crippen molar-refractivity contribution in [3.63, 3.8) is 0 Å². The first kappa shape index (κ1) is 11.8. The first-order chi connectivity index (χ1) is 8.08. The number of carboxylic acids is 1. The number of carbonyl (C=O) groups is 1. The smallest absolute Gasteiger partial charge is 0.355 e. The number of benzene rings is 1. The van der Waals surface area contributed by atoms with Gasteiger partial charge >= 0.3 is 5.97 Å². The van der Waals surface area contributed by atoms with E-state index in [1.165, 1.54) is 16.9 Å². The second-order valence-corrected chi connectivity index (χ2v) is 4.98. The van der Waals surface area contributed by atoms with Gasteiger partial charge in [0.1, 0.15) is 5.01 Å². The fraction of sp³-hybridized carbons (Fsp3) is 0.231. The van der Waals surface area contributed by atoms with Crippen molar-refractivity contribution >= 4 is 17.3 Å². The van der Waals surface area contributed by atoms with Gasteiger partial charge in [-0.05, 0) is 17.5 Å². The molecule has 1 aromatic heterocycles. The maximum absolute atomic E-state index is 10.8. The standard InChI is InChI=1S/C13H13NO2S/c1-8(2)9-4-3-5-10(6-9)12-14-11(7-17-12)13(15)16/h3-8H,1-2H3,(H,15,16). The minimum atomic E-state index is -0.979. The molecule has 2 rings (SSSR count). The predicted molar refractivity (Wildman–Crippen MR) is 68.6 cm³/mol. The first-order valence-corrected chi connectivity index (χ1v) is 6.25. The Morgan fingerprint density at radius 2 is 2.18 bits per heavy atom. The van der Waals surface area contributed by atoms with Crippen LogP contribution in [0.2, 0.25) is 0 Å². The Balaban J connectivity index is 2.38. The quantitative estimate of drug-likeness (QED) is 0.901. The lowest BCUT2D eigenvalue weighted by molar-refractivity contribution is 0.0691. The molecule has 3 nitrogen and oxygen atoms in total. The van der Waals surface area contributed by atoms with Crippen LogP contribution < -0.4 is 0 Å². The van der Waals surface area contributed by atoms with Crippen LogP contribution in [-0.2, 0) is 0 Å². The van der Waals surface area contributed by atoms with E-state index >= 15 is 0 Å². The largest absolute Gasteiger partial charge is 0.476 e. The molecular weight excluding hydrogens is 234 g/mol. The molecule has 4 heteroatoms. The van der Waals surface area contributed by atoms with E-state index in [4.69, 9.17) is 5.11 Å². The van der Waals surface area contributed by atoms with Gasteiger partial charge in [-0.2, -0.15) is 0 Å². The molecule has 17 heavy (non-hydrogen) atoms. The Hall–Kier alpha value is -1.68. The van der Waals surface area contributed by atoms with Gasteiger partial charge in [-0.1, -0.05) is 32.0 Å². The predicted octanol–water partition coefficient (Wildman–Crippen LogP) is 3.63. The van der Waals surface area contributed by atoms with Crippen molar-refractivity contribution in [2.45, 2.75) is 19.8 Å². The van der Waals surface area contributed by atoms with Gasteiger partial charge < -0.3 is 5.11 Å². The molecule has 1 heterocycles. The summed E-state index contributed by atoms with van der Waals surface area (Å²) >= 11 is 1.36. The number of rotatable bonds is 3. The molecule has 0 spiro atoms. The Morgan fingerprint density at radius 3 is 2.76 bits per heavy atom. The van der Waals surface area contributed by atoms with Gasteiger partial charge in [-0.3, -0.25) is 0 Å². The number of hydrogen-bond acceptors (Lipinski definition) is 3. The highest BCUT2D eigenvalue weighted by atomic mass is 32.1. The summed E-state index contributed by atoms with van der Waals surface area (Å²) in [5.41, 5.74) is 2.32. The summed E-state index contributed by atoms with van der Waals surface area (Å²) in [7, 11) is 0. The van der Waals surface area contributed by atoms with E-state index in [1.807, 2.05) is 12.1 Å². The third-order valence-electron chi connectivity index (χ3n) is 2.52. The molecule has 0 aliphatic rings. The van der Waals surface area contributed by atoms with Crippen LogP contribution in [0.15, 0.2) is 29.6 Å². The van der Waals surface area contributed by atoms with Gasteiger partial charge in [0.2, 0.25) is 0 Å². The van der Waals surface area contributed by atoms with Crippen molar-refractivity contribution in [2.75, 3.05) is 0 Å². The van der Waals surface area contributed by atoms with Crippen LogP contribution in [-0.4, -0.2) is 16.1 Å². The third-order valence-corrected chi connectivity index (χ3v) is 3.41. The molecule has 88 valence electrons. The molecule has 0 aliphatic heterocycles. The van der Waals surface area contributed by atoms with Gasteiger partial charge in [-0.15, -0.1) is 11.3 Å². The van der Waals surface area contributed by atoms with Crippen LogP contribution in [0.25, 0.3) is 10.6 Å². The molecule has 1 aromatic carbocycles. The van der Waals surface area contributed by atoms with Crippen molar-refractivity contribution in [3.8, 4) is 10.6 Å². The Bertz CT molecular complexity index is 546. The fourth-order valence-corrected chi connectivity index (χ4v) is 2.33. The highest BCUT2D eigenvalue weighted by molar-refractivity contribution is 7.13. The lowest BCUT2D eigenvalue weighted by Gasteiger charge is -2.06. The monoisotopic (exact) mass is 247 g/mol. The van der Waals surface area contributed by atoms with E-state index in [-0.39, 0.29) is 5.69 Å². The summed E-state index contributed by atoms with van der Waals surface area (Å²) in [5, 5.41) is 11.2. The zero-order valence-electron chi connectivity index (χ0n) is 9.68. The normalized spacial score (nSPS) is 10.8. The summed E-state index contributed by atoms with van der Waals surface area (Å²) in [5.74, 6) is -0.527. The summed E-state index contributed by atoms with van der Waals surface area (Å²) in [6.07, 6.45) is 0. The van der Waals surface area contributed by atoms with Crippen molar-refractivity contribution in [1.29, 1.82) is 0 Å². The SMILES string of the molecule is CC(C)c1cccc(-c2nc(C(=O)O)cs2)c1. The number of nitrogens with zero attached hydrogens (tertiary/aromatic N) is 1. The molecule has 0 fully saturated rings. The molecule has 2 aromatic rings. The van der Waals surface area contributed by atoms with E-state index < -0.39 is 5.97 Å². The summed E-state index contributed by atoms with van der Waals surface area (Å²) in [4.78, 5) is 14.9. The Labute approximate surface area is 104 Å². The molecule has 0 saturated carbocycles. The van der Waals surface area contributed by atoms with Crippen LogP contribution >= 0.6 is 11.3 Å². The minimum Gasteiger partial charge on any atom is -0.476 e. The average molecular weight is 247 g/mol. The molecule has 0 bridgehead atoms. The Morgan fingerprint density at radius 1 is 1.41 bits per heavy atom. The van der Waals surface area contributed by atoms with Crippen LogP contribution in [0.3, 0.4) is 0 Å². The summed E-state index contributed by atoms with van der Waals surface area (Å²) < 4.78 is 0. The van der Waals surface area contributed by atoms with E-state index in [0.717, 1.165) is 10.6 Å². The van der Waals surface area contributed by atoms with E-state index in [9.17, 15) is 4.79 Å². The number of aromatic carboxylic acids is 1. The molecule has 0 saturated heterocycles. The minimum absolute atomic E-state index is 0.111. The van der Waals surface area contributed by atoms with Crippen molar-refractivity contribution in [1.82, 2.24) is 4.98 Å². The highest BCUT2D eigenvalue weighted by Gasteiger charge is 2.10.